The highest BCUT2D eigenvalue weighted by Gasteiger charge is 2.23. The lowest BCUT2D eigenvalue weighted by Gasteiger charge is -2.32. The fourth-order valence-corrected chi connectivity index (χ4v) is 4.64. The van der Waals surface area contributed by atoms with Crippen molar-refractivity contribution in [3.63, 3.8) is 0 Å². The molecule has 2 aromatic carbocycles. The van der Waals surface area contributed by atoms with Crippen LogP contribution < -0.4 is 5.32 Å². The summed E-state index contributed by atoms with van der Waals surface area (Å²) in [6.07, 6.45) is 4.69. The lowest BCUT2D eigenvalue weighted by atomic mass is 9.89. The number of fused-ring (bicyclic) bond motifs is 1. The van der Waals surface area contributed by atoms with E-state index in [9.17, 15) is 9.18 Å². The molecule has 1 saturated heterocycles. The first-order chi connectivity index (χ1) is 15.7. The zero-order valence-electron chi connectivity index (χ0n) is 20.0. The van der Waals surface area contributed by atoms with Crippen LogP contribution in [0.4, 0.5) is 14.9 Å². The van der Waals surface area contributed by atoms with Crippen molar-refractivity contribution in [2.45, 2.75) is 58.5 Å². The predicted molar refractivity (Wildman–Crippen MR) is 131 cm³/mol. The zero-order chi connectivity index (χ0) is 23.6. The summed E-state index contributed by atoms with van der Waals surface area (Å²) >= 11 is 0. The van der Waals surface area contributed by atoms with Crippen molar-refractivity contribution in [1.82, 2.24) is 9.88 Å². The number of hydrogen-bond acceptors (Lipinski definition) is 3. The summed E-state index contributed by atoms with van der Waals surface area (Å²) in [7, 11) is 0. The van der Waals surface area contributed by atoms with E-state index in [4.69, 9.17) is 4.74 Å². The average Bonchev–Trinajstić information content (AvgIpc) is 3.16. The first-order valence-electron chi connectivity index (χ1n) is 11.8. The quantitative estimate of drug-likeness (QED) is 0.473. The van der Waals surface area contributed by atoms with Crippen molar-refractivity contribution in [1.29, 1.82) is 0 Å². The van der Waals surface area contributed by atoms with Gasteiger partial charge in [0.05, 0.1) is 0 Å². The summed E-state index contributed by atoms with van der Waals surface area (Å²) in [4.78, 5) is 17.9. The van der Waals surface area contributed by atoms with Crippen LogP contribution in [0.2, 0.25) is 0 Å². The highest BCUT2D eigenvalue weighted by Crippen LogP contribution is 2.33. The Hall–Kier alpha value is -2.86. The van der Waals surface area contributed by atoms with Crippen molar-refractivity contribution in [2.75, 3.05) is 25.0 Å². The van der Waals surface area contributed by atoms with Crippen molar-refractivity contribution in [3.8, 4) is 0 Å². The number of carbonyl (C=O) groups is 1. The Bertz CT molecular complexity index is 1120. The highest BCUT2D eigenvalue weighted by molar-refractivity contribution is 5.85. The fourth-order valence-electron chi connectivity index (χ4n) is 4.64. The number of ether oxygens (including phenoxy) is 1. The second-order valence-corrected chi connectivity index (χ2v) is 10.1. The average molecular weight is 452 g/mol. The molecule has 3 aromatic rings. The minimum atomic E-state index is -0.523. The monoisotopic (exact) mass is 451 g/mol. The van der Waals surface area contributed by atoms with Crippen LogP contribution >= 0.6 is 0 Å². The molecule has 1 aliphatic heterocycles. The Labute approximate surface area is 195 Å². The van der Waals surface area contributed by atoms with Crippen LogP contribution in [0, 0.1) is 12.7 Å². The maximum absolute atomic E-state index is 13.7. The molecule has 1 aliphatic rings. The van der Waals surface area contributed by atoms with Gasteiger partial charge in [0.25, 0.3) is 0 Å². The zero-order valence-corrected chi connectivity index (χ0v) is 20.0. The Morgan fingerprint density at radius 2 is 1.94 bits per heavy atom. The third kappa shape index (κ3) is 5.93. The van der Waals surface area contributed by atoms with Gasteiger partial charge in [0.2, 0.25) is 0 Å². The number of H-pyrrole nitrogens is 1. The Morgan fingerprint density at radius 1 is 1.18 bits per heavy atom. The number of halogens is 1. The molecule has 0 saturated carbocycles. The normalized spacial score (nSPS) is 15.7. The number of hydrogen-bond donors (Lipinski definition) is 2. The molecule has 0 bridgehead atoms. The summed E-state index contributed by atoms with van der Waals surface area (Å²) in [5, 5.41) is 3.85. The van der Waals surface area contributed by atoms with E-state index in [0.717, 1.165) is 55.5 Å². The van der Waals surface area contributed by atoms with Crippen LogP contribution in [-0.4, -0.2) is 41.2 Å². The van der Waals surface area contributed by atoms with Crippen LogP contribution in [0.15, 0.2) is 42.6 Å². The van der Waals surface area contributed by atoms with Crippen molar-refractivity contribution < 1.29 is 13.9 Å². The second-order valence-electron chi connectivity index (χ2n) is 10.1. The molecule has 0 spiro atoms. The maximum atomic E-state index is 13.7. The number of rotatable bonds is 5. The van der Waals surface area contributed by atoms with E-state index in [0.29, 0.717) is 5.92 Å². The molecular formula is C27H34FN3O2. The number of anilines is 1. The molecular weight excluding hydrogens is 417 g/mol. The van der Waals surface area contributed by atoms with E-state index in [-0.39, 0.29) is 5.82 Å². The smallest absolute Gasteiger partial charge is 0.412 e. The van der Waals surface area contributed by atoms with Gasteiger partial charge in [0.1, 0.15) is 11.4 Å². The van der Waals surface area contributed by atoms with Gasteiger partial charge in [-0.15, -0.1) is 0 Å². The maximum Gasteiger partial charge on any atom is 0.412 e. The molecule has 176 valence electrons. The summed E-state index contributed by atoms with van der Waals surface area (Å²) in [6, 6.07) is 11.0. The van der Waals surface area contributed by atoms with Crippen molar-refractivity contribution in [3.05, 3.63) is 65.1 Å². The van der Waals surface area contributed by atoms with E-state index < -0.39 is 11.7 Å². The largest absolute Gasteiger partial charge is 0.444 e. The van der Waals surface area contributed by atoms with Gasteiger partial charge in [0.15, 0.2) is 0 Å². The Balaban J connectivity index is 1.32. The van der Waals surface area contributed by atoms with Crippen LogP contribution in [0.5, 0.6) is 0 Å². The molecule has 1 fully saturated rings. The lowest BCUT2D eigenvalue weighted by Crippen LogP contribution is -2.34. The molecule has 2 heterocycles. The second kappa shape index (κ2) is 9.56. The van der Waals surface area contributed by atoms with Crippen LogP contribution in [0.25, 0.3) is 10.9 Å². The van der Waals surface area contributed by atoms with E-state index in [1.807, 2.05) is 45.0 Å². The number of aryl methyl sites for hydroxylation is 1. The van der Waals surface area contributed by atoms with Crippen LogP contribution in [0.3, 0.4) is 0 Å². The molecule has 33 heavy (non-hydrogen) atoms. The first kappa shape index (κ1) is 23.3. The number of piperidine rings is 1. The molecule has 0 radical (unpaired) electrons. The van der Waals surface area contributed by atoms with Gasteiger partial charge in [0, 0.05) is 29.3 Å². The Kier molecular flexibility index (Phi) is 6.75. The predicted octanol–water partition coefficient (Wildman–Crippen LogP) is 6.38. The van der Waals surface area contributed by atoms with Crippen molar-refractivity contribution >= 4 is 22.7 Å². The minimum Gasteiger partial charge on any atom is -0.444 e. The van der Waals surface area contributed by atoms with E-state index in [1.165, 1.54) is 22.8 Å². The number of amides is 1. The number of carbonyl (C=O) groups excluding carboxylic acids is 1. The van der Waals surface area contributed by atoms with Crippen LogP contribution in [-0.2, 0) is 11.2 Å². The van der Waals surface area contributed by atoms with Crippen LogP contribution in [0.1, 0.15) is 56.2 Å². The number of aromatic nitrogens is 1. The number of nitrogens with one attached hydrogen (secondary N) is 2. The minimum absolute atomic E-state index is 0.181. The summed E-state index contributed by atoms with van der Waals surface area (Å²) < 4.78 is 19.1. The van der Waals surface area contributed by atoms with Gasteiger partial charge in [-0.05, 0) is 113 Å². The molecule has 4 rings (SSSR count). The number of benzene rings is 2. The molecule has 0 aliphatic carbocycles. The molecule has 5 nitrogen and oxygen atoms in total. The van der Waals surface area contributed by atoms with E-state index >= 15 is 0 Å². The Morgan fingerprint density at radius 3 is 2.67 bits per heavy atom. The molecule has 2 N–H and O–H groups in total. The third-order valence-electron chi connectivity index (χ3n) is 6.39. The standard InChI is InChI=1S/C27H34FN3O2/c1-18-5-7-22(30-26(32)33-27(2,3)4)15-20(18)11-14-31-12-9-19(10-13-31)24-17-29-25-8-6-21(28)16-23(24)25/h5-8,15-17,19,29H,9-14H2,1-4H3,(H,30,32). The van der Waals surface area contributed by atoms with Gasteiger partial charge in [-0.1, -0.05) is 6.07 Å². The third-order valence-corrected chi connectivity index (χ3v) is 6.39. The van der Waals surface area contributed by atoms with Gasteiger partial charge in [-0.3, -0.25) is 5.32 Å². The fraction of sp³-hybridized carbons (Fsp3) is 0.444. The van der Waals surface area contributed by atoms with Gasteiger partial charge in [-0.25, -0.2) is 9.18 Å². The number of nitrogens with zero attached hydrogens (tertiary/aromatic N) is 1. The summed E-state index contributed by atoms with van der Waals surface area (Å²) in [6.45, 7) is 10.7. The van der Waals surface area contributed by atoms with Gasteiger partial charge >= 0.3 is 6.09 Å². The SMILES string of the molecule is Cc1ccc(NC(=O)OC(C)(C)C)cc1CCN1CCC(c2c[nH]c3ccc(F)cc23)CC1. The van der Waals surface area contributed by atoms with E-state index in [2.05, 4.69) is 28.3 Å². The lowest BCUT2D eigenvalue weighted by molar-refractivity contribution is 0.0636. The first-order valence-corrected chi connectivity index (χ1v) is 11.8. The molecule has 0 atom stereocenters. The highest BCUT2D eigenvalue weighted by atomic mass is 19.1. The summed E-state index contributed by atoms with van der Waals surface area (Å²) in [5.74, 6) is 0.277. The van der Waals surface area contributed by atoms with E-state index in [1.54, 1.807) is 6.07 Å². The molecule has 6 heteroatoms. The van der Waals surface area contributed by atoms with Gasteiger partial charge in [-0.2, -0.15) is 0 Å². The molecule has 1 amide bonds. The van der Waals surface area contributed by atoms with Crippen molar-refractivity contribution in [2.24, 2.45) is 0 Å². The number of likely N-dealkylation sites (tertiary alicyclic amines) is 1. The molecule has 0 unspecified atom stereocenters. The van der Waals surface area contributed by atoms with Gasteiger partial charge < -0.3 is 14.6 Å². The topological polar surface area (TPSA) is 57.4 Å². The molecule has 1 aromatic heterocycles. The summed E-state index contributed by atoms with van der Waals surface area (Å²) in [5.41, 5.74) is 4.93. The number of aromatic amines is 1.